The Morgan fingerprint density at radius 3 is 2.48 bits per heavy atom. The quantitative estimate of drug-likeness (QED) is 0.624. The van der Waals surface area contributed by atoms with Crippen molar-refractivity contribution in [3.8, 4) is 11.5 Å². The molecule has 3 rings (SSSR count). The van der Waals surface area contributed by atoms with Gasteiger partial charge in [-0.05, 0) is 36.8 Å². The number of likely N-dealkylation sites (tertiary alicyclic amines) is 1. The predicted molar refractivity (Wildman–Crippen MR) is 118 cm³/mol. The van der Waals surface area contributed by atoms with E-state index < -0.39 is 5.92 Å². The number of amides is 2. The van der Waals surface area contributed by atoms with Gasteiger partial charge >= 0.3 is 0 Å². The summed E-state index contributed by atoms with van der Waals surface area (Å²) in [7, 11) is 4.84. The molecule has 2 amide bonds. The van der Waals surface area contributed by atoms with Crippen LogP contribution in [0.1, 0.15) is 28.3 Å². The minimum absolute atomic E-state index is 0.0747. The molecule has 0 saturated carbocycles. The lowest BCUT2D eigenvalue weighted by atomic mass is 9.87. The summed E-state index contributed by atoms with van der Waals surface area (Å²) in [6.45, 7) is 1.87. The van der Waals surface area contributed by atoms with E-state index in [4.69, 9.17) is 14.2 Å². The number of hydrogen-bond acceptors (Lipinski definition) is 5. The first-order chi connectivity index (χ1) is 15.1. The highest BCUT2D eigenvalue weighted by Gasteiger charge is 2.41. The standard InChI is InChI=1S/C24H30N2O5/c1-29-13-7-12-25-23(27)21-16-26(24(28)17-8-5-4-6-9-17)15-20(21)19-14-18(30-2)10-11-22(19)31-3/h4-6,8-11,14,20-21H,7,12-13,15-16H2,1-3H3,(H,25,27)/t20-,21-/m1/s1. The number of nitrogens with zero attached hydrogens (tertiary/aromatic N) is 1. The summed E-state index contributed by atoms with van der Waals surface area (Å²) in [5, 5.41) is 3.00. The molecule has 1 aliphatic heterocycles. The van der Waals surface area contributed by atoms with E-state index >= 15 is 0 Å². The lowest BCUT2D eigenvalue weighted by Crippen LogP contribution is -2.36. The zero-order valence-electron chi connectivity index (χ0n) is 18.3. The Balaban J connectivity index is 1.88. The number of nitrogens with one attached hydrogen (secondary N) is 1. The van der Waals surface area contributed by atoms with Crippen LogP contribution < -0.4 is 14.8 Å². The van der Waals surface area contributed by atoms with Crippen LogP contribution in [-0.4, -0.2) is 64.3 Å². The molecule has 31 heavy (non-hydrogen) atoms. The Morgan fingerprint density at radius 1 is 1.03 bits per heavy atom. The van der Waals surface area contributed by atoms with Crippen LogP contribution in [-0.2, 0) is 9.53 Å². The predicted octanol–water partition coefficient (Wildman–Crippen LogP) is 2.71. The SMILES string of the molecule is COCCCNC(=O)[C@@H]1CN(C(=O)c2ccccc2)C[C@@H]1c1cc(OC)ccc1OC. The highest BCUT2D eigenvalue weighted by atomic mass is 16.5. The Morgan fingerprint density at radius 2 is 1.81 bits per heavy atom. The molecule has 1 aliphatic rings. The molecule has 2 aromatic rings. The fraction of sp³-hybridized carbons (Fsp3) is 0.417. The van der Waals surface area contributed by atoms with Crippen molar-refractivity contribution in [3.05, 3.63) is 59.7 Å². The topological polar surface area (TPSA) is 77.1 Å². The Labute approximate surface area is 183 Å². The third-order valence-corrected chi connectivity index (χ3v) is 5.63. The van der Waals surface area contributed by atoms with Gasteiger partial charge < -0.3 is 24.4 Å². The van der Waals surface area contributed by atoms with Gasteiger partial charge in [0, 0.05) is 50.4 Å². The number of methoxy groups -OCH3 is 3. The monoisotopic (exact) mass is 426 g/mol. The minimum atomic E-state index is -0.392. The average molecular weight is 427 g/mol. The number of carbonyl (C=O) groups excluding carboxylic acids is 2. The summed E-state index contributed by atoms with van der Waals surface area (Å²) in [5.41, 5.74) is 1.47. The summed E-state index contributed by atoms with van der Waals surface area (Å²) in [6, 6.07) is 14.7. The Bertz CT molecular complexity index is 887. The van der Waals surface area contributed by atoms with Crippen molar-refractivity contribution in [2.45, 2.75) is 12.3 Å². The van der Waals surface area contributed by atoms with Gasteiger partial charge in [0.1, 0.15) is 11.5 Å². The van der Waals surface area contributed by atoms with Gasteiger partial charge in [-0.1, -0.05) is 18.2 Å². The van der Waals surface area contributed by atoms with Crippen molar-refractivity contribution < 1.29 is 23.8 Å². The van der Waals surface area contributed by atoms with E-state index in [9.17, 15) is 9.59 Å². The fourth-order valence-corrected chi connectivity index (χ4v) is 4.00. The van der Waals surface area contributed by atoms with Crippen molar-refractivity contribution in [1.82, 2.24) is 10.2 Å². The molecule has 0 aromatic heterocycles. The normalized spacial score (nSPS) is 18.0. The maximum absolute atomic E-state index is 13.1. The van der Waals surface area contributed by atoms with Crippen molar-refractivity contribution >= 4 is 11.8 Å². The van der Waals surface area contributed by atoms with Gasteiger partial charge in [0.25, 0.3) is 5.91 Å². The van der Waals surface area contributed by atoms with Gasteiger partial charge in [0.05, 0.1) is 20.1 Å². The third kappa shape index (κ3) is 5.35. The highest BCUT2D eigenvalue weighted by Crippen LogP contribution is 2.40. The van der Waals surface area contributed by atoms with Crippen LogP contribution in [0.5, 0.6) is 11.5 Å². The van der Waals surface area contributed by atoms with E-state index in [1.165, 1.54) is 0 Å². The average Bonchev–Trinajstić information content (AvgIpc) is 3.26. The van der Waals surface area contributed by atoms with Crippen molar-refractivity contribution in [3.63, 3.8) is 0 Å². The van der Waals surface area contributed by atoms with Crippen LogP contribution in [0.25, 0.3) is 0 Å². The molecule has 166 valence electrons. The Hall–Kier alpha value is -3.06. The highest BCUT2D eigenvalue weighted by molar-refractivity contribution is 5.95. The number of carbonyl (C=O) groups is 2. The molecular formula is C24H30N2O5. The van der Waals surface area contributed by atoms with E-state index in [1.54, 1.807) is 38.4 Å². The number of hydrogen-bond donors (Lipinski definition) is 1. The van der Waals surface area contributed by atoms with Crippen LogP contribution in [0.3, 0.4) is 0 Å². The van der Waals surface area contributed by atoms with Crippen molar-refractivity contribution in [2.24, 2.45) is 5.92 Å². The first kappa shape index (κ1) is 22.6. The molecule has 0 bridgehead atoms. The molecular weight excluding hydrogens is 396 g/mol. The van der Waals surface area contributed by atoms with Gasteiger partial charge in [0.15, 0.2) is 0 Å². The van der Waals surface area contributed by atoms with Crippen LogP contribution in [0.15, 0.2) is 48.5 Å². The first-order valence-corrected chi connectivity index (χ1v) is 10.4. The molecule has 0 unspecified atom stereocenters. The summed E-state index contributed by atoms with van der Waals surface area (Å²) in [6.07, 6.45) is 0.731. The second kappa shape index (κ2) is 10.8. The Kier molecular flexibility index (Phi) is 7.89. The maximum atomic E-state index is 13.1. The zero-order valence-corrected chi connectivity index (χ0v) is 18.3. The largest absolute Gasteiger partial charge is 0.497 e. The number of rotatable bonds is 9. The molecule has 1 heterocycles. The lowest BCUT2D eigenvalue weighted by Gasteiger charge is -2.21. The maximum Gasteiger partial charge on any atom is 0.253 e. The molecule has 7 nitrogen and oxygen atoms in total. The fourth-order valence-electron chi connectivity index (χ4n) is 4.00. The van der Waals surface area contributed by atoms with Crippen LogP contribution >= 0.6 is 0 Å². The second-order valence-electron chi connectivity index (χ2n) is 7.53. The summed E-state index contributed by atoms with van der Waals surface area (Å²) < 4.78 is 16.0. The molecule has 0 radical (unpaired) electrons. The summed E-state index contributed by atoms with van der Waals surface area (Å²) >= 11 is 0. The van der Waals surface area contributed by atoms with E-state index in [-0.39, 0.29) is 17.7 Å². The smallest absolute Gasteiger partial charge is 0.253 e. The molecule has 0 spiro atoms. The van der Waals surface area contributed by atoms with Gasteiger partial charge in [-0.2, -0.15) is 0 Å². The van der Waals surface area contributed by atoms with E-state index in [2.05, 4.69) is 5.32 Å². The number of ether oxygens (including phenoxy) is 3. The van der Waals surface area contributed by atoms with Crippen LogP contribution in [0.4, 0.5) is 0 Å². The zero-order chi connectivity index (χ0) is 22.2. The second-order valence-corrected chi connectivity index (χ2v) is 7.53. The molecule has 0 aliphatic carbocycles. The molecule has 1 fully saturated rings. The molecule has 1 N–H and O–H groups in total. The van der Waals surface area contributed by atoms with Crippen molar-refractivity contribution in [2.75, 3.05) is 47.6 Å². The molecule has 7 heteroatoms. The molecule has 1 saturated heterocycles. The number of benzene rings is 2. The minimum Gasteiger partial charge on any atom is -0.497 e. The van der Waals surface area contributed by atoms with E-state index in [0.29, 0.717) is 43.3 Å². The van der Waals surface area contributed by atoms with E-state index in [0.717, 1.165) is 12.0 Å². The molecule has 2 aromatic carbocycles. The van der Waals surface area contributed by atoms with E-state index in [1.807, 2.05) is 36.4 Å². The lowest BCUT2D eigenvalue weighted by molar-refractivity contribution is -0.125. The molecule has 2 atom stereocenters. The van der Waals surface area contributed by atoms with Crippen LogP contribution in [0.2, 0.25) is 0 Å². The van der Waals surface area contributed by atoms with Crippen molar-refractivity contribution in [1.29, 1.82) is 0 Å². The van der Waals surface area contributed by atoms with Crippen LogP contribution in [0, 0.1) is 5.92 Å². The third-order valence-electron chi connectivity index (χ3n) is 5.63. The van der Waals surface area contributed by atoms with Gasteiger partial charge in [-0.15, -0.1) is 0 Å². The van der Waals surface area contributed by atoms with Gasteiger partial charge in [-0.3, -0.25) is 9.59 Å². The van der Waals surface area contributed by atoms with Gasteiger partial charge in [0.2, 0.25) is 5.91 Å². The van der Waals surface area contributed by atoms with Gasteiger partial charge in [-0.25, -0.2) is 0 Å². The first-order valence-electron chi connectivity index (χ1n) is 10.4. The summed E-state index contributed by atoms with van der Waals surface area (Å²) in [5.74, 6) is 0.604. The summed E-state index contributed by atoms with van der Waals surface area (Å²) in [4.78, 5) is 27.9.